The zero-order valence-corrected chi connectivity index (χ0v) is 46.4. The first-order valence-electron chi connectivity index (χ1n) is 28.3. The molecule has 1 amide bonds. The molecule has 0 aliphatic carbocycles. The highest BCUT2D eigenvalue weighted by atomic mass is 31.2. The van der Waals surface area contributed by atoms with E-state index in [1.165, 1.54) is 122 Å². The van der Waals surface area contributed by atoms with Crippen molar-refractivity contribution in [2.24, 2.45) is 0 Å². The highest BCUT2D eigenvalue weighted by Crippen LogP contribution is 2.43. The van der Waals surface area contributed by atoms with Crippen LogP contribution < -0.4 is 5.32 Å². The topological polar surface area (TPSA) is 111 Å². The van der Waals surface area contributed by atoms with Gasteiger partial charge in [0.2, 0.25) is 5.91 Å². The van der Waals surface area contributed by atoms with Crippen molar-refractivity contribution in [3.05, 3.63) is 72.9 Å². The summed E-state index contributed by atoms with van der Waals surface area (Å²) in [6.07, 6.45) is 61.9. The summed E-state index contributed by atoms with van der Waals surface area (Å²) in [5, 5.41) is 3.01. The monoisotopic (exact) mass is 988 g/mol. The fourth-order valence-electron chi connectivity index (χ4n) is 7.80. The minimum atomic E-state index is -4.46. The third-order valence-corrected chi connectivity index (χ3v) is 13.1. The van der Waals surface area contributed by atoms with Crippen LogP contribution in [0.25, 0.3) is 0 Å². The lowest BCUT2D eigenvalue weighted by Crippen LogP contribution is -2.47. The molecule has 0 saturated heterocycles. The minimum Gasteiger partial charge on any atom is -0.456 e. The lowest BCUT2D eigenvalue weighted by atomic mass is 10.0. The molecule has 0 aromatic carbocycles. The van der Waals surface area contributed by atoms with E-state index in [4.69, 9.17) is 13.8 Å². The second kappa shape index (κ2) is 49.0. The number of allylic oxidation sites excluding steroid dienone is 11. The van der Waals surface area contributed by atoms with E-state index in [0.29, 0.717) is 17.4 Å². The summed E-state index contributed by atoms with van der Waals surface area (Å²) in [6, 6.07) is -0.877. The van der Waals surface area contributed by atoms with E-state index in [-0.39, 0.29) is 37.9 Å². The van der Waals surface area contributed by atoms with Gasteiger partial charge in [0.05, 0.1) is 33.8 Å². The summed E-state index contributed by atoms with van der Waals surface area (Å²) >= 11 is 0. The summed E-state index contributed by atoms with van der Waals surface area (Å²) in [5.74, 6) is -0.572. The van der Waals surface area contributed by atoms with Gasteiger partial charge in [0.25, 0.3) is 0 Å². The second-order valence-electron chi connectivity index (χ2n) is 20.1. The largest absolute Gasteiger partial charge is 0.472 e. The van der Waals surface area contributed by atoms with Crippen molar-refractivity contribution in [2.75, 3.05) is 40.9 Å². The molecule has 10 heteroatoms. The van der Waals surface area contributed by atoms with Crippen LogP contribution in [0.15, 0.2) is 72.9 Å². The fraction of sp³-hybridized carbons (Fsp3) is 0.763. The van der Waals surface area contributed by atoms with Crippen molar-refractivity contribution in [3.8, 4) is 0 Å². The van der Waals surface area contributed by atoms with Crippen molar-refractivity contribution < 1.29 is 37.3 Å². The van der Waals surface area contributed by atoms with Gasteiger partial charge in [-0.3, -0.25) is 18.6 Å². The van der Waals surface area contributed by atoms with E-state index in [1.54, 1.807) is 0 Å². The normalized spacial score (nSPS) is 14.4. The first-order chi connectivity index (χ1) is 33.4. The first kappa shape index (κ1) is 66.5. The molecule has 0 heterocycles. The number of phosphoric ester groups is 1. The fourth-order valence-corrected chi connectivity index (χ4v) is 8.53. The van der Waals surface area contributed by atoms with Crippen LogP contribution in [0.4, 0.5) is 0 Å². The SMILES string of the molecule is CC/C=C\C/C=C\C/C=C\C/C=C\C/C=C\CCCC(=O)NC(COP(=O)(O)OCC[N+](C)(C)C)C(/C=C/CCCCCCCCCCC)OC(=O)CCCCCCCCCCCCCCCCC. The molecule has 0 spiro atoms. The molecule has 0 aromatic rings. The van der Waals surface area contributed by atoms with Crippen LogP contribution in [0.5, 0.6) is 0 Å². The summed E-state index contributed by atoms with van der Waals surface area (Å²) in [7, 11) is 1.46. The Balaban J connectivity index is 5.42. The number of nitrogens with zero attached hydrogens (tertiary/aromatic N) is 1. The van der Waals surface area contributed by atoms with Crippen LogP contribution in [0.3, 0.4) is 0 Å². The summed E-state index contributed by atoms with van der Waals surface area (Å²) in [5.41, 5.74) is 0. The average Bonchev–Trinajstić information content (AvgIpc) is 3.31. The number of hydrogen-bond donors (Lipinski definition) is 2. The summed E-state index contributed by atoms with van der Waals surface area (Å²) < 4.78 is 30.5. The number of unbranched alkanes of at least 4 members (excludes halogenated alkanes) is 24. The van der Waals surface area contributed by atoms with Crippen LogP contribution >= 0.6 is 7.82 Å². The lowest BCUT2D eigenvalue weighted by molar-refractivity contribution is -0.870. The molecule has 3 unspecified atom stereocenters. The molecule has 0 saturated carbocycles. The standard InChI is InChI=1S/C59H107N2O7P/c1-7-10-13-16-19-22-25-27-29-30-32-33-36-39-42-45-48-51-58(62)60-56(55-67-69(64,65)66-54-53-61(4,5)6)57(50-47-44-41-38-35-24-21-18-15-12-9-3)68-59(63)52-49-46-43-40-37-34-31-28-26-23-20-17-14-11-8-2/h10,13,19,22,27,29,32-33,39,42,47,50,56-57H,7-9,11-12,14-18,20-21,23-26,28,30-31,34-38,40-41,43-46,48-49,51-55H2,1-6H3,(H-,60,62,64,65)/p+1/b13-10-,22-19-,29-27-,33-32-,42-39-,50-47+. The minimum absolute atomic E-state index is 0.0282. The molecule has 9 nitrogen and oxygen atoms in total. The molecule has 0 rings (SSSR count). The number of esters is 1. The number of quaternary nitrogens is 1. The van der Waals surface area contributed by atoms with Gasteiger partial charge in [0.1, 0.15) is 19.3 Å². The van der Waals surface area contributed by atoms with Gasteiger partial charge < -0.3 is 19.4 Å². The number of amides is 1. The number of nitrogens with one attached hydrogen (secondary N) is 1. The Morgan fingerprint density at radius 2 is 0.942 bits per heavy atom. The maximum Gasteiger partial charge on any atom is 0.472 e. The summed E-state index contributed by atoms with van der Waals surface area (Å²) in [6.45, 7) is 6.84. The molecule has 0 radical (unpaired) electrons. The van der Waals surface area contributed by atoms with Crippen molar-refractivity contribution in [3.63, 3.8) is 0 Å². The number of likely N-dealkylation sites (N-methyl/N-ethyl adjacent to an activating group) is 1. The predicted molar refractivity (Wildman–Crippen MR) is 295 cm³/mol. The molecule has 2 N–H and O–H groups in total. The smallest absolute Gasteiger partial charge is 0.456 e. The van der Waals surface area contributed by atoms with Gasteiger partial charge in [0.15, 0.2) is 0 Å². The van der Waals surface area contributed by atoms with Crippen LogP contribution in [0, 0.1) is 0 Å². The third-order valence-electron chi connectivity index (χ3n) is 12.2. The lowest BCUT2D eigenvalue weighted by Gasteiger charge is -2.27. The molecule has 3 atom stereocenters. The van der Waals surface area contributed by atoms with Crippen LogP contribution in [0.1, 0.15) is 239 Å². The van der Waals surface area contributed by atoms with Gasteiger partial charge in [-0.25, -0.2) is 4.57 Å². The molecule has 0 aromatic heterocycles. The van der Waals surface area contributed by atoms with Crippen molar-refractivity contribution in [1.29, 1.82) is 0 Å². The van der Waals surface area contributed by atoms with Crippen molar-refractivity contribution >= 4 is 19.7 Å². The molecule has 400 valence electrons. The molecule has 0 aliphatic rings. The van der Waals surface area contributed by atoms with E-state index in [1.807, 2.05) is 33.3 Å². The maximum absolute atomic E-state index is 13.5. The van der Waals surface area contributed by atoms with Crippen LogP contribution in [-0.2, 0) is 27.9 Å². The van der Waals surface area contributed by atoms with Gasteiger partial charge >= 0.3 is 13.8 Å². The van der Waals surface area contributed by atoms with E-state index in [2.05, 4.69) is 86.8 Å². The Morgan fingerprint density at radius 1 is 0.522 bits per heavy atom. The number of ether oxygens (including phenoxy) is 1. The first-order valence-corrected chi connectivity index (χ1v) is 29.8. The third kappa shape index (κ3) is 50.2. The predicted octanol–water partition coefficient (Wildman–Crippen LogP) is 16.9. The van der Waals surface area contributed by atoms with E-state index < -0.39 is 20.0 Å². The number of carbonyl (C=O) groups is 2. The zero-order valence-electron chi connectivity index (χ0n) is 45.5. The molecule has 69 heavy (non-hydrogen) atoms. The van der Waals surface area contributed by atoms with Gasteiger partial charge in [-0.2, -0.15) is 0 Å². The highest BCUT2D eigenvalue weighted by molar-refractivity contribution is 7.47. The number of carbonyl (C=O) groups excluding carboxylic acids is 2. The Kier molecular flexibility index (Phi) is 47.2. The van der Waals surface area contributed by atoms with Gasteiger partial charge in [-0.05, 0) is 70.3 Å². The van der Waals surface area contributed by atoms with E-state index in [9.17, 15) is 19.0 Å². The number of hydrogen-bond acceptors (Lipinski definition) is 6. The quantitative estimate of drug-likeness (QED) is 0.0205. The van der Waals surface area contributed by atoms with Crippen molar-refractivity contribution in [1.82, 2.24) is 5.32 Å². The van der Waals surface area contributed by atoms with Gasteiger partial charge in [0, 0.05) is 12.8 Å². The van der Waals surface area contributed by atoms with Gasteiger partial charge in [-0.15, -0.1) is 0 Å². The Labute approximate surface area is 425 Å². The van der Waals surface area contributed by atoms with Crippen molar-refractivity contribution in [2.45, 2.75) is 251 Å². The Bertz CT molecular complexity index is 1420. The average molecular weight is 988 g/mol. The highest BCUT2D eigenvalue weighted by Gasteiger charge is 2.30. The number of phosphoric acid groups is 1. The molecule has 0 fully saturated rings. The molecular formula is C59H108N2O7P+. The molecular weight excluding hydrogens is 880 g/mol. The Morgan fingerprint density at radius 3 is 1.41 bits per heavy atom. The summed E-state index contributed by atoms with van der Waals surface area (Å²) in [4.78, 5) is 37.5. The second-order valence-corrected chi connectivity index (χ2v) is 21.5. The van der Waals surface area contributed by atoms with Crippen LogP contribution in [0.2, 0.25) is 0 Å². The van der Waals surface area contributed by atoms with E-state index in [0.717, 1.165) is 77.0 Å². The van der Waals surface area contributed by atoms with Crippen LogP contribution in [-0.4, -0.2) is 74.3 Å². The molecule has 0 bridgehead atoms. The van der Waals surface area contributed by atoms with Gasteiger partial charge in [-0.1, -0.05) is 229 Å². The maximum atomic E-state index is 13.5. The van der Waals surface area contributed by atoms with E-state index >= 15 is 0 Å². The zero-order chi connectivity index (χ0) is 50.8. The Hall–Kier alpha value is -2.55. The number of rotatable bonds is 50. The molecule has 0 aliphatic heterocycles.